The zero-order valence-electron chi connectivity index (χ0n) is 6.83. The molecule has 0 N–H and O–H groups in total. The van der Waals surface area contributed by atoms with Crippen molar-refractivity contribution in [3.63, 3.8) is 0 Å². The normalized spacial score (nSPS) is 9.80. The van der Waals surface area contributed by atoms with E-state index in [1.165, 1.54) is 19.3 Å². The maximum absolute atomic E-state index is 11.8. The van der Waals surface area contributed by atoms with Gasteiger partial charge < -0.3 is 0 Å². The largest absolute Gasteiger partial charge is 0.246 e. The minimum Gasteiger partial charge on any atom is -0.246 e. The zero-order chi connectivity index (χ0) is 7.82. The summed E-state index contributed by atoms with van der Waals surface area (Å²) in [6, 6.07) is 0. The van der Waals surface area contributed by atoms with Gasteiger partial charge in [0.2, 0.25) is 0 Å². The second-order valence-electron chi connectivity index (χ2n) is 2.69. The van der Waals surface area contributed by atoms with E-state index in [0.29, 0.717) is 0 Å². The van der Waals surface area contributed by atoms with Crippen LogP contribution in [-0.4, -0.2) is 6.67 Å². The topological polar surface area (TPSA) is 0 Å². The minimum atomic E-state index is -0.341. The summed E-state index contributed by atoms with van der Waals surface area (Å²) in [6.45, 7) is 5.43. The van der Waals surface area contributed by atoms with Crippen molar-refractivity contribution in [3.8, 4) is 0 Å². The van der Waals surface area contributed by atoms with Crippen LogP contribution in [0, 0.1) is 0 Å². The second-order valence-corrected chi connectivity index (χ2v) is 2.69. The lowest BCUT2D eigenvalue weighted by Crippen LogP contribution is -1.83. The summed E-state index contributed by atoms with van der Waals surface area (Å²) >= 11 is 0. The summed E-state index contributed by atoms with van der Waals surface area (Å²) in [4.78, 5) is 0. The monoisotopic (exact) mass is 144 g/mol. The van der Waals surface area contributed by atoms with Crippen molar-refractivity contribution < 1.29 is 4.39 Å². The molecule has 0 saturated carbocycles. The third kappa shape index (κ3) is 5.80. The molecule has 0 saturated heterocycles. The first-order valence-corrected chi connectivity index (χ1v) is 4.04. The molecule has 0 aliphatic carbocycles. The molecule has 10 heavy (non-hydrogen) atoms. The van der Waals surface area contributed by atoms with E-state index in [2.05, 4.69) is 13.5 Å². The van der Waals surface area contributed by atoms with Gasteiger partial charge in [0.15, 0.2) is 0 Å². The molecule has 0 bridgehead atoms. The molecule has 0 amide bonds. The van der Waals surface area contributed by atoms with Gasteiger partial charge in [-0.05, 0) is 18.4 Å². The summed E-state index contributed by atoms with van der Waals surface area (Å²) in [5, 5.41) is 0. The Morgan fingerprint density at radius 3 is 2.50 bits per heavy atom. The fourth-order valence-electron chi connectivity index (χ4n) is 0.869. The summed E-state index contributed by atoms with van der Waals surface area (Å²) in [6.07, 6.45) is 5.70. The van der Waals surface area contributed by atoms with Crippen molar-refractivity contribution in [1.82, 2.24) is 0 Å². The maximum Gasteiger partial charge on any atom is 0.110 e. The number of unbranched alkanes of at least 4 members (excludes halogenated alkanes) is 3. The van der Waals surface area contributed by atoms with Gasteiger partial charge in [-0.25, -0.2) is 4.39 Å². The molecule has 0 atom stereocenters. The van der Waals surface area contributed by atoms with Gasteiger partial charge in [-0.1, -0.05) is 32.8 Å². The lowest BCUT2D eigenvalue weighted by atomic mass is 10.1. The van der Waals surface area contributed by atoms with Crippen molar-refractivity contribution in [3.05, 3.63) is 12.2 Å². The summed E-state index contributed by atoms with van der Waals surface area (Å²) < 4.78 is 11.8. The van der Waals surface area contributed by atoms with Crippen LogP contribution in [0.4, 0.5) is 4.39 Å². The van der Waals surface area contributed by atoms with Crippen LogP contribution in [0.1, 0.15) is 39.0 Å². The van der Waals surface area contributed by atoms with Crippen molar-refractivity contribution >= 4 is 0 Å². The molecule has 0 aromatic heterocycles. The first-order valence-electron chi connectivity index (χ1n) is 4.04. The van der Waals surface area contributed by atoms with E-state index >= 15 is 0 Å². The van der Waals surface area contributed by atoms with E-state index in [9.17, 15) is 4.39 Å². The molecule has 0 aliphatic heterocycles. The Labute approximate surface area is 63.1 Å². The third-order valence-electron chi connectivity index (χ3n) is 1.57. The van der Waals surface area contributed by atoms with E-state index < -0.39 is 0 Å². The van der Waals surface area contributed by atoms with Crippen molar-refractivity contribution in [2.24, 2.45) is 0 Å². The van der Waals surface area contributed by atoms with Crippen LogP contribution in [0.25, 0.3) is 0 Å². The smallest absolute Gasteiger partial charge is 0.110 e. The Kier molecular flexibility index (Phi) is 6.56. The van der Waals surface area contributed by atoms with Crippen LogP contribution in [0.15, 0.2) is 12.2 Å². The average molecular weight is 144 g/mol. The van der Waals surface area contributed by atoms with E-state index in [-0.39, 0.29) is 6.67 Å². The molecule has 0 unspecified atom stereocenters. The van der Waals surface area contributed by atoms with Gasteiger partial charge in [-0.15, -0.1) is 0 Å². The van der Waals surface area contributed by atoms with Gasteiger partial charge in [0, 0.05) is 0 Å². The molecular weight excluding hydrogens is 127 g/mol. The molecule has 0 aromatic carbocycles. The molecule has 0 rings (SSSR count). The van der Waals surface area contributed by atoms with Crippen LogP contribution in [0.5, 0.6) is 0 Å². The molecule has 0 fully saturated rings. The molecule has 60 valence electrons. The van der Waals surface area contributed by atoms with Crippen LogP contribution in [-0.2, 0) is 0 Å². The molecule has 1 heteroatoms. The Bertz CT molecular complexity index is 86.7. The Morgan fingerprint density at radius 2 is 2.00 bits per heavy atom. The summed E-state index contributed by atoms with van der Waals surface area (Å²) in [7, 11) is 0. The number of allylic oxidation sites excluding steroid dienone is 1. The summed E-state index contributed by atoms with van der Waals surface area (Å²) in [5.74, 6) is 0. The average Bonchev–Trinajstić information content (AvgIpc) is 1.98. The molecule has 0 radical (unpaired) electrons. The molecule has 0 heterocycles. The second kappa shape index (κ2) is 6.79. The number of alkyl halides is 1. The Morgan fingerprint density at radius 1 is 1.30 bits per heavy atom. The van der Waals surface area contributed by atoms with Gasteiger partial charge in [0.05, 0.1) is 0 Å². The Balaban J connectivity index is 2.96. The zero-order valence-corrected chi connectivity index (χ0v) is 6.83. The highest BCUT2D eigenvalue weighted by molar-refractivity contribution is 4.92. The van der Waals surface area contributed by atoms with Gasteiger partial charge in [0.25, 0.3) is 0 Å². The fraction of sp³-hybridized carbons (Fsp3) is 0.778. The van der Waals surface area contributed by atoms with Crippen molar-refractivity contribution in [2.45, 2.75) is 39.0 Å². The lowest BCUT2D eigenvalue weighted by Gasteiger charge is -1.98. The predicted octanol–water partition coefficient (Wildman–Crippen LogP) is 3.48. The van der Waals surface area contributed by atoms with Gasteiger partial charge in [0.1, 0.15) is 6.67 Å². The van der Waals surface area contributed by atoms with E-state index in [0.717, 1.165) is 18.4 Å². The van der Waals surface area contributed by atoms with Crippen LogP contribution in [0.2, 0.25) is 0 Å². The van der Waals surface area contributed by atoms with Crippen LogP contribution < -0.4 is 0 Å². The lowest BCUT2D eigenvalue weighted by molar-refractivity contribution is 0.524. The Hall–Kier alpha value is -0.330. The molecular formula is C9H17F. The number of halogens is 1. The maximum atomic E-state index is 11.8. The number of hydrogen-bond acceptors (Lipinski definition) is 0. The highest BCUT2D eigenvalue weighted by Crippen LogP contribution is 2.08. The molecule has 0 spiro atoms. The molecule has 0 aromatic rings. The van der Waals surface area contributed by atoms with E-state index in [1.54, 1.807) is 0 Å². The molecule has 0 nitrogen and oxygen atoms in total. The van der Waals surface area contributed by atoms with Crippen LogP contribution >= 0.6 is 0 Å². The fourth-order valence-corrected chi connectivity index (χ4v) is 0.869. The van der Waals surface area contributed by atoms with Gasteiger partial charge >= 0.3 is 0 Å². The standard InChI is InChI=1S/C9H17F/c1-3-4-5-6-7-9(2)8-10/h2-8H2,1H3. The van der Waals surface area contributed by atoms with E-state index in [4.69, 9.17) is 0 Å². The van der Waals surface area contributed by atoms with Crippen LogP contribution in [0.3, 0.4) is 0 Å². The number of rotatable bonds is 6. The van der Waals surface area contributed by atoms with Gasteiger partial charge in [-0.3, -0.25) is 0 Å². The quantitative estimate of drug-likeness (QED) is 0.395. The van der Waals surface area contributed by atoms with Gasteiger partial charge in [-0.2, -0.15) is 0 Å². The third-order valence-corrected chi connectivity index (χ3v) is 1.57. The van der Waals surface area contributed by atoms with Crippen molar-refractivity contribution in [2.75, 3.05) is 6.67 Å². The first kappa shape index (κ1) is 9.67. The van der Waals surface area contributed by atoms with E-state index in [1.807, 2.05) is 0 Å². The minimum absolute atomic E-state index is 0.341. The molecule has 0 aliphatic rings. The summed E-state index contributed by atoms with van der Waals surface area (Å²) in [5.41, 5.74) is 0.746. The van der Waals surface area contributed by atoms with Crippen molar-refractivity contribution in [1.29, 1.82) is 0 Å². The highest BCUT2D eigenvalue weighted by atomic mass is 19.1. The highest BCUT2D eigenvalue weighted by Gasteiger charge is 1.92. The first-order chi connectivity index (χ1) is 4.81. The number of hydrogen-bond donors (Lipinski definition) is 0. The SMILES string of the molecule is C=C(CF)CCCCCC. The predicted molar refractivity (Wildman–Crippen MR) is 43.9 cm³/mol.